The average Bonchev–Trinajstić information content (AvgIpc) is 3.47. The second-order valence-electron chi connectivity index (χ2n) is 7.89. The lowest BCUT2D eigenvalue weighted by molar-refractivity contribution is -0.123. The number of benzene rings is 2. The molecule has 1 saturated heterocycles. The molecule has 0 saturated carbocycles. The fraction of sp³-hybridized carbons (Fsp3) is 0.273. The van der Waals surface area contributed by atoms with Crippen molar-refractivity contribution >= 4 is 29.1 Å². The van der Waals surface area contributed by atoms with Gasteiger partial charge in [0.15, 0.2) is 12.1 Å². The maximum Gasteiger partial charge on any atom is 0.263 e. The zero-order valence-electron chi connectivity index (χ0n) is 17.8. The van der Waals surface area contributed by atoms with E-state index in [9.17, 15) is 9.59 Å². The van der Waals surface area contributed by atoms with Crippen molar-refractivity contribution in [2.45, 2.75) is 38.6 Å². The van der Waals surface area contributed by atoms with Gasteiger partial charge >= 0.3 is 0 Å². The van der Waals surface area contributed by atoms with Gasteiger partial charge in [-0.3, -0.25) is 14.6 Å². The Bertz CT molecular complexity index is 1240. The highest BCUT2D eigenvalue weighted by Gasteiger charge is 2.55. The number of fused-ring (bicyclic) bond motifs is 1. The molecule has 11 heteroatoms. The van der Waals surface area contributed by atoms with Crippen LogP contribution in [0.5, 0.6) is 5.75 Å². The lowest BCUT2D eigenvalue weighted by Crippen LogP contribution is -2.39. The van der Waals surface area contributed by atoms with E-state index in [1.807, 2.05) is 38.1 Å². The molecular formula is C22H19ClN6O4. The van der Waals surface area contributed by atoms with Crippen molar-refractivity contribution in [2.24, 2.45) is 10.3 Å². The van der Waals surface area contributed by atoms with Gasteiger partial charge in [0, 0.05) is 10.6 Å². The molecule has 3 heterocycles. The van der Waals surface area contributed by atoms with E-state index in [-0.39, 0.29) is 18.5 Å². The van der Waals surface area contributed by atoms with Crippen molar-refractivity contribution in [3.63, 3.8) is 0 Å². The van der Waals surface area contributed by atoms with Crippen LogP contribution in [0.4, 0.5) is 5.69 Å². The maximum atomic E-state index is 13.1. The minimum atomic E-state index is -0.924. The topological polar surface area (TPSA) is 113 Å². The van der Waals surface area contributed by atoms with Crippen molar-refractivity contribution in [3.8, 4) is 17.1 Å². The first-order valence-corrected chi connectivity index (χ1v) is 10.7. The van der Waals surface area contributed by atoms with Crippen LogP contribution in [-0.4, -0.2) is 45.2 Å². The molecule has 2 amide bonds. The summed E-state index contributed by atoms with van der Waals surface area (Å²) in [4.78, 5) is 31.4. The Labute approximate surface area is 193 Å². The van der Waals surface area contributed by atoms with Gasteiger partial charge in [0.25, 0.3) is 11.8 Å². The Balaban J connectivity index is 1.31. The van der Waals surface area contributed by atoms with Gasteiger partial charge in [-0.25, -0.2) is 4.90 Å². The number of hydrogen-bond acceptors (Lipinski definition) is 9. The van der Waals surface area contributed by atoms with Crippen molar-refractivity contribution < 1.29 is 18.8 Å². The molecule has 0 bridgehead atoms. The van der Waals surface area contributed by atoms with Crippen LogP contribution in [0.3, 0.4) is 0 Å². The summed E-state index contributed by atoms with van der Waals surface area (Å²) in [6, 6.07) is 12.1. The molecule has 0 radical (unpaired) electrons. The number of amides is 2. The van der Waals surface area contributed by atoms with Gasteiger partial charge < -0.3 is 9.26 Å². The largest absolute Gasteiger partial charge is 0.491 e. The monoisotopic (exact) mass is 466 g/mol. The minimum absolute atomic E-state index is 0.0363. The summed E-state index contributed by atoms with van der Waals surface area (Å²) < 4.78 is 11.0. The third-order valence-corrected chi connectivity index (χ3v) is 5.41. The van der Waals surface area contributed by atoms with Crippen molar-refractivity contribution in [1.82, 2.24) is 15.1 Å². The standard InChI is InChI=1S/C22H19ClN6O4/c1-12(2)32-16-8-6-13(7-9-16)20-24-17(33-26-20)11-28-19-18(25-27-28)21(30)29(22(19)31)15-5-3-4-14(23)10-15/h3-10,12,18-19H,11H2,1-2H3/t18-,19+/m1/s1. The van der Waals surface area contributed by atoms with Crippen molar-refractivity contribution in [1.29, 1.82) is 0 Å². The highest BCUT2D eigenvalue weighted by atomic mass is 35.5. The second kappa shape index (κ2) is 8.28. The van der Waals surface area contributed by atoms with Crippen LogP contribution in [0.1, 0.15) is 19.7 Å². The number of anilines is 1. The van der Waals surface area contributed by atoms with E-state index in [4.69, 9.17) is 20.9 Å². The number of hydrogen-bond donors (Lipinski definition) is 0. The van der Waals surface area contributed by atoms with Crippen LogP contribution in [0.15, 0.2) is 63.4 Å². The Morgan fingerprint density at radius 1 is 1.12 bits per heavy atom. The molecule has 0 aliphatic carbocycles. The molecule has 0 N–H and O–H groups in total. The maximum absolute atomic E-state index is 13.1. The first-order valence-electron chi connectivity index (χ1n) is 10.3. The first-order chi connectivity index (χ1) is 15.9. The van der Waals surface area contributed by atoms with E-state index >= 15 is 0 Å². The zero-order valence-corrected chi connectivity index (χ0v) is 18.5. The predicted molar refractivity (Wildman–Crippen MR) is 117 cm³/mol. The van der Waals surface area contributed by atoms with Crippen LogP contribution in [-0.2, 0) is 16.1 Å². The van der Waals surface area contributed by atoms with Crippen LogP contribution in [0, 0.1) is 0 Å². The number of nitrogens with zero attached hydrogens (tertiary/aromatic N) is 6. The molecule has 0 spiro atoms. The SMILES string of the molecule is CC(C)Oc1ccc(-c2noc(CN3N=N[C@H]4C(=O)N(c5cccc(Cl)c5)C(=O)[C@H]43)n2)cc1. The highest BCUT2D eigenvalue weighted by molar-refractivity contribution is 6.31. The summed E-state index contributed by atoms with van der Waals surface area (Å²) in [7, 11) is 0. The molecule has 2 aliphatic rings. The molecule has 3 aromatic rings. The van der Waals surface area contributed by atoms with E-state index in [0.717, 1.165) is 16.2 Å². The molecule has 1 aromatic heterocycles. The third kappa shape index (κ3) is 3.93. The van der Waals surface area contributed by atoms with Gasteiger partial charge in [-0.2, -0.15) is 10.1 Å². The quantitative estimate of drug-likeness (QED) is 0.509. The molecule has 2 aromatic carbocycles. The molecule has 168 valence electrons. The molecule has 1 fully saturated rings. The number of carbonyl (C=O) groups excluding carboxylic acids is 2. The van der Waals surface area contributed by atoms with Crippen LogP contribution in [0.25, 0.3) is 11.4 Å². The number of ether oxygens (including phenoxy) is 1. The number of aromatic nitrogens is 2. The number of carbonyl (C=O) groups is 2. The molecule has 5 rings (SSSR count). The Morgan fingerprint density at radius 3 is 2.64 bits per heavy atom. The minimum Gasteiger partial charge on any atom is -0.491 e. The predicted octanol–water partition coefficient (Wildman–Crippen LogP) is 3.67. The summed E-state index contributed by atoms with van der Waals surface area (Å²) in [5.74, 6) is 0.498. The normalized spacial score (nSPS) is 19.6. The van der Waals surface area contributed by atoms with E-state index in [1.54, 1.807) is 24.3 Å². The lowest BCUT2D eigenvalue weighted by Gasteiger charge is -2.19. The van der Waals surface area contributed by atoms with Gasteiger partial charge in [-0.05, 0) is 56.3 Å². The number of rotatable bonds is 6. The Kier molecular flexibility index (Phi) is 5.29. The van der Waals surface area contributed by atoms with Gasteiger partial charge in [0.05, 0.1) is 11.8 Å². The van der Waals surface area contributed by atoms with E-state index in [2.05, 4.69) is 20.5 Å². The van der Waals surface area contributed by atoms with Crippen LogP contribution in [0.2, 0.25) is 5.02 Å². The molecule has 33 heavy (non-hydrogen) atoms. The van der Waals surface area contributed by atoms with Gasteiger partial charge in [-0.15, -0.1) is 0 Å². The Morgan fingerprint density at radius 2 is 1.91 bits per heavy atom. The average molecular weight is 467 g/mol. The fourth-order valence-corrected chi connectivity index (χ4v) is 3.94. The zero-order chi connectivity index (χ0) is 23.1. The van der Waals surface area contributed by atoms with Gasteiger partial charge in [0.1, 0.15) is 12.3 Å². The first kappa shape index (κ1) is 21.1. The number of imide groups is 1. The molecule has 2 atom stereocenters. The van der Waals surface area contributed by atoms with Gasteiger partial charge in [-0.1, -0.05) is 28.0 Å². The summed E-state index contributed by atoms with van der Waals surface area (Å²) in [6.45, 7) is 3.95. The molecular weight excluding hydrogens is 448 g/mol. The molecule has 2 aliphatic heterocycles. The number of halogens is 1. The lowest BCUT2D eigenvalue weighted by atomic mass is 10.1. The third-order valence-electron chi connectivity index (χ3n) is 5.17. The van der Waals surface area contributed by atoms with E-state index in [1.165, 1.54) is 5.01 Å². The smallest absolute Gasteiger partial charge is 0.263 e. The van der Waals surface area contributed by atoms with E-state index in [0.29, 0.717) is 16.5 Å². The van der Waals surface area contributed by atoms with Crippen molar-refractivity contribution in [2.75, 3.05) is 4.90 Å². The fourth-order valence-electron chi connectivity index (χ4n) is 3.75. The second-order valence-corrected chi connectivity index (χ2v) is 8.32. The molecule has 10 nitrogen and oxygen atoms in total. The van der Waals surface area contributed by atoms with E-state index < -0.39 is 23.9 Å². The summed E-state index contributed by atoms with van der Waals surface area (Å²) in [5.41, 5.74) is 1.15. The van der Waals surface area contributed by atoms with Gasteiger partial charge in [0.2, 0.25) is 11.7 Å². The highest BCUT2D eigenvalue weighted by Crippen LogP contribution is 2.33. The summed E-state index contributed by atoms with van der Waals surface area (Å²) >= 11 is 6.02. The van der Waals surface area contributed by atoms with Crippen molar-refractivity contribution in [3.05, 3.63) is 59.4 Å². The molecule has 0 unspecified atom stereocenters. The summed E-state index contributed by atoms with van der Waals surface area (Å²) in [6.07, 6.45) is 0.0751. The summed E-state index contributed by atoms with van der Waals surface area (Å²) in [5, 5.41) is 13.8. The Hall–Kier alpha value is -3.79. The van der Waals surface area contributed by atoms with Crippen LogP contribution < -0.4 is 9.64 Å². The van der Waals surface area contributed by atoms with Crippen LogP contribution >= 0.6 is 11.6 Å².